The number of aryl methyl sites for hydroxylation is 1. The van der Waals surface area contributed by atoms with E-state index in [0.717, 1.165) is 12.0 Å². The highest BCUT2D eigenvalue weighted by Crippen LogP contribution is 2.24. The molecule has 1 amide bonds. The largest absolute Gasteiger partial charge is 0.379 e. The highest BCUT2D eigenvalue weighted by Gasteiger charge is 2.13. The molecule has 2 N–H and O–H groups in total. The van der Waals surface area contributed by atoms with Gasteiger partial charge in [0.05, 0.1) is 4.92 Å². The van der Waals surface area contributed by atoms with Crippen molar-refractivity contribution >= 4 is 17.3 Å². The van der Waals surface area contributed by atoms with Gasteiger partial charge in [0.25, 0.3) is 5.69 Å². The Balaban J connectivity index is 2.55. The molecule has 0 unspecified atom stereocenters. The summed E-state index contributed by atoms with van der Waals surface area (Å²) >= 11 is 0. The molecule has 1 aromatic rings. The van der Waals surface area contributed by atoms with Crippen LogP contribution in [0.1, 0.15) is 25.3 Å². The Kier molecular flexibility index (Phi) is 5.78. The van der Waals surface area contributed by atoms with Gasteiger partial charge in [-0.05, 0) is 25.0 Å². The van der Waals surface area contributed by atoms with Crippen molar-refractivity contribution < 1.29 is 9.72 Å². The van der Waals surface area contributed by atoms with E-state index in [4.69, 9.17) is 0 Å². The fraction of sp³-hybridized carbons (Fsp3) is 0.462. The quantitative estimate of drug-likeness (QED) is 0.585. The van der Waals surface area contributed by atoms with E-state index in [-0.39, 0.29) is 11.6 Å². The van der Waals surface area contributed by atoms with Crippen molar-refractivity contribution in [2.75, 3.05) is 18.4 Å². The number of rotatable bonds is 7. The monoisotopic (exact) mass is 265 g/mol. The Morgan fingerprint density at radius 2 is 2.11 bits per heavy atom. The van der Waals surface area contributed by atoms with Gasteiger partial charge in [-0.15, -0.1) is 0 Å². The average molecular weight is 265 g/mol. The minimum absolute atomic E-state index is 0.0274. The number of hydrogen-bond donors (Lipinski definition) is 2. The maximum atomic E-state index is 11.4. The van der Waals surface area contributed by atoms with E-state index in [1.807, 2.05) is 13.8 Å². The molecule has 6 heteroatoms. The van der Waals surface area contributed by atoms with Crippen LogP contribution in [0.15, 0.2) is 18.2 Å². The zero-order valence-corrected chi connectivity index (χ0v) is 11.2. The molecule has 19 heavy (non-hydrogen) atoms. The average Bonchev–Trinajstić information content (AvgIpc) is 2.36. The zero-order valence-electron chi connectivity index (χ0n) is 11.2. The third-order valence-electron chi connectivity index (χ3n) is 2.59. The van der Waals surface area contributed by atoms with E-state index >= 15 is 0 Å². The number of amides is 1. The van der Waals surface area contributed by atoms with Crippen molar-refractivity contribution in [1.29, 1.82) is 0 Å². The second kappa shape index (κ2) is 7.35. The van der Waals surface area contributed by atoms with Crippen molar-refractivity contribution in [2.45, 2.75) is 26.7 Å². The van der Waals surface area contributed by atoms with Crippen LogP contribution < -0.4 is 10.6 Å². The highest BCUT2D eigenvalue weighted by atomic mass is 16.6. The number of nitrogens with one attached hydrogen (secondary N) is 2. The smallest absolute Gasteiger partial charge is 0.292 e. The number of nitro groups is 1. The Bertz CT molecular complexity index is 460. The van der Waals surface area contributed by atoms with Crippen molar-refractivity contribution in [3.8, 4) is 0 Å². The summed E-state index contributed by atoms with van der Waals surface area (Å²) in [6.07, 6.45) is 1.19. The van der Waals surface area contributed by atoms with Crippen molar-refractivity contribution in [3.63, 3.8) is 0 Å². The molecule has 104 valence electrons. The van der Waals surface area contributed by atoms with E-state index in [0.29, 0.717) is 25.2 Å². The summed E-state index contributed by atoms with van der Waals surface area (Å²) < 4.78 is 0. The van der Waals surface area contributed by atoms with Crippen LogP contribution >= 0.6 is 0 Å². The van der Waals surface area contributed by atoms with Crippen molar-refractivity contribution in [2.24, 2.45) is 0 Å². The van der Waals surface area contributed by atoms with Crippen LogP contribution in [0, 0.1) is 17.0 Å². The van der Waals surface area contributed by atoms with Crippen LogP contribution in [0.4, 0.5) is 11.4 Å². The summed E-state index contributed by atoms with van der Waals surface area (Å²) in [5, 5.41) is 16.6. The molecule has 0 saturated heterocycles. The van der Waals surface area contributed by atoms with Gasteiger partial charge >= 0.3 is 0 Å². The third-order valence-corrected chi connectivity index (χ3v) is 2.59. The summed E-state index contributed by atoms with van der Waals surface area (Å²) in [5.41, 5.74) is 1.41. The summed E-state index contributed by atoms with van der Waals surface area (Å²) in [7, 11) is 0. The van der Waals surface area contributed by atoms with Crippen LogP contribution in [-0.2, 0) is 4.79 Å². The molecule has 1 rings (SSSR count). The predicted molar refractivity (Wildman–Crippen MR) is 74.2 cm³/mol. The molecule has 0 heterocycles. The van der Waals surface area contributed by atoms with Gasteiger partial charge in [0, 0.05) is 25.6 Å². The number of nitrogens with zero attached hydrogens (tertiary/aromatic N) is 1. The number of carbonyl (C=O) groups excluding carboxylic acids is 1. The third kappa shape index (κ3) is 4.95. The van der Waals surface area contributed by atoms with Gasteiger partial charge in [-0.1, -0.05) is 13.0 Å². The molecule has 0 radical (unpaired) electrons. The molecule has 0 aliphatic carbocycles. The molecule has 0 fully saturated rings. The molecule has 0 aromatic heterocycles. The van der Waals surface area contributed by atoms with Crippen LogP contribution in [0.2, 0.25) is 0 Å². The molecule has 0 aliphatic rings. The number of benzene rings is 1. The van der Waals surface area contributed by atoms with Gasteiger partial charge in [0.1, 0.15) is 5.69 Å². The van der Waals surface area contributed by atoms with Gasteiger partial charge in [0.2, 0.25) is 5.91 Å². The first-order chi connectivity index (χ1) is 9.04. The number of anilines is 1. The molecule has 0 atom stereocenters. The Morgan fingerprint density at radius 3 is 2.74 bits per heavy atom. The zero-order chi connectivity index (χ0) is 14.3. The van der Waals surface area contributed by atoms with Crippen molar-refractivity contribution in [1.82, 2.24) is 5.32 Å². The summed E-state index contributed by atoms with van der Waals surface area (Å²) in [6, 6.07) is 4.87. The molecule has 0 saturated carbocycles. The molecule has 0 bridgehead atoms. The van der Waals surface area contributed by atoms with Gasteiger partial charge in [0.15, 0.2) is 0 Å². The van der Waals surface area contributed by atoms with Gasteiger partial charge in [-0.3, -0.25) is 14.9 Å². The molecule has 0 aliphatic heterocycles. The maximum absolute atomic E-state index is 11.4. The van der Waals surface area contributed by atoms with Gasteiger partial charge in [-0.25, -0.2) is 0 Å². The summed E-state index contributed by atoms with van der Waals surface area (Å²) in [6.45, 7) is 4.88. The number of hydrogen-bond acceptors (Lipinski definition) is 4. The van der Waals surface area contributed by atoms with E-state index in [1.54, 1.807) is 12.1 Å². The maximum Gasteiger partial charge on any atom is 0.292 e. The first kappa shape index (κ1) is 14.9. The first-order valence-electron chi connectivity index (χ1n) is 6.30. The molecular weight excluding hydrogens is 246 g/mol. The lowest BCUT2D eigenvalue weighted by atomic mass is 10.2. The minimum Gasteiger partial charge on any atom is -0.379 e. The normalized spacial score (nSPS) is 10.0. The highest BCUT2D eigenvalue weighted by molar-refractivity contribution is 5.76. The fourth-order valence-electron chi connectivity index (χ4n) is 1.61. The minimum atomic E-state index is -0.432. The fourth-order valence-corrected chi connectivity index (χ4v) is 1.61. The van der Waals surface area contributed by atoms with E-state index in [1.165, 1.54) is 6.07 Å². The van der Waals surface area contributed by atoms with Gasteiger partial charge < -0.3 is 10.6 Å². The van der Waals surface area contributed by atoms with Crippen LogP contribution in [0.25, 0.3) is 0 Å². The Morgan fingerprint density at radius 1 is 1.37 bits per heavy atom. The molecule has 6 nitrogen and oxygen atoms in total. The number of carbonyl (C=O) groups is 1. The molecule has 1 aromatic carbocycles. The topological polar surface area (TPSA) is 84.3 Å². The van der Waals surface area contributed by atoms with Crippen molar-refractivity contribution in [3.05, 3.63) is 33.9 Å². The van der Waals surface area contributed by atoms with E-state index in [2.05, 4.69) is 10.6 Å². The first-order valence-corrected chi connectivity index (χ1v) is 6.30. The molecule has 0 spiro atoms. The number of nitro benzene ring substituents is 1. The second-order valence-corrected chi connectivity index (χ2v) is 4.30. The van der Waals surface area contributed by atoms with Crippen LogP contribution in [-0.4, -0.2) is 23.9 Å². The van der Waals surface area contributed by atoms with E-state index in [9.17, 15) is 14.9 Å². The lowest BCUT2D eigenvalue weighted by Gasteiger charge is -2.08. The lowest BCUT2D eigenvalue weighted by Crippen LogP contribution is -2.25. The Labute approximate surface area is 112 Å². The summed E-state index contributed by atoms with van der Waals surface area (Å²) in [5.74, 6) is -0.0512. The van der Waals surface area contributed by atoms with E-state index < -0.39 is 4.92 Å². The van der Waals surface area contributed by atoms with Crippen LogP contribution in [0.5, 0.6) is 0 Å². The predicted octanol–water partition coefficient (Wildman–Crippen LogP) is 2.23. The van der Waals surface area contributed by atoms with Gasteiger partial charge in [-0.2, -0.15) is 0 Å². The SMILES string of the molecule is CCCNC(=O)CCNc1cc(C)ccc1[N+](=O)[O-]. The molecular formula is C13H19N3O3. The lowest BCUT2D eigenvalue weighted by molar-refractivity contribution is -0.384. The van der Waals surface area contributed by atoms with Crippen LogP contribution in [0.3, 0.4) is 0 Å². The Hall–Kier alpha value is -2.11. The summed E-state index contributed by atoms with van der Waals surface area (Å²) in [4.78, 5) is 21.8. The second-order valence-electron chi connectivity index (χ2n) is 4.30. The standard InChI is InChI=1S/C13H19N3O3/c1-3-7-15-13(17)6-8-14-11-9-10(2)4-5-12(11)16(18)19/h4-5,9,14H,3,6-8H2,1-2H3,(H,15,17).